The van der Waals surface area contributed by atoms with E-state index in [1.807, 2.05) is 16.7 Å². The topological polar surface area (TPSA) is 52.7 Å². The molecule has 3 rings (SSSR count). The Bertz CT molecular complexity index is 428. The van der Waals surface area contributed by atoms with Crippen LogP contribution in [-0.4, -0.2) is 59.9 Å². The molecule has 0 aromatic heterocycles. The molecule has 5 nitrogen and oxygen atoms in total. The number of hydrogen-bond donors (Lipinski definition) is 1. The largest absolute Gasteiger partial charge is 0.341 e. The first-order chi connectivity index (χ1) is 11.2. The van der Waals surface area contributed by atoms with E-state index < -0.39 is 0 Å². The lowest BCUT2D eigenvalue weighted by atomic mass is 10.0. The summed E-state index contributed by atoms with van der Waals surface area (Å²) in [6, 6.07) is 0.381. The van der Waals surface area contributed by atoms with Crippen molar-refractivity contribution in [2.24, 2.45) is 5.92 Å². The predicted molar refractivity (Wildman–Crippen MR) is 90.0 cm³/mol. The third kappa shape index (κ3) is 4.25. The maximum absolute atomic E-state index is 12.8. The number of carbonyl (C=O) groups excluding carboxylic acids is 2. The molecule has 23 heavy (non-hydrogen) atoms. The summed E-state index contributed by atoms with van der Waals surface area (Å²) in [6.45, 7) is 5.61. The van der Waals surface area contributed by atoms with E-state index in [0.717, 1.165) is 64.2 Å². The average Bonchev–Trinajstić information content (AvgIpc) is 3.27. The third-order valence-corrected chi connectivity index (χ3v) is 5.52. The van der Waals surface area contributed by atoms with Gasteiger partial charge in [0.25, 0.3) is 0 Å². The van der Waals surface area contributed by atoms with Gasteiger partial charge in [0.1, 0.15) is 6.04 Å². The molecule has 0 radical (unpaired) electrons. The van der Waals surface area contributed by atoms with Crippen molar-refractivity contribution >= 4 is 11.8 Å². The quantitative estimate of drug-likeness (QED) is 0.811. The van der Waals surface area contributed by atoms with E-state index in [0.29, 0.717) is 12.5 Å². The van der Waals surface area contributed by atoms with Gasteiger partial charge in [0.2, 0.25) is 11.8 Å². The third-order valence-electron chi connectivity index (χ3n) is 5.52. The monoisotopic (exact) mass is 321 g/mol. The molecule has 2 aliphatic heterocycles. The molecule has 1 N–H and O–H groups in total. The number of rotatable bonds is 6. The second-order valence-electron chi connectivity index (χ2n) is 7.45. The number of hydrogen-bond acceptors (Lipinski definition) is 3. The lowest BCUT2D eigenvalue weighted by molar-refractivity contribution is -0.144. The molecule has 2 heterocycles. The number of nitrogens with one attached hydrogen (secondary N) is 1. The first-order valence-electron chi connectivity index (χ1n) is 9.50. The van der Waals surface area contributed by atoms with E-state index in [1.54, 1.807) is 0 Å². The average molecular weight is 321 g/mol. The fourth-order valence-corrected chi connectivity index (χ4v) is 3.85. The molecule has 1 atom stereocenters. The molecular weight excluding hydrogens is 290 g/mol. The normalized spacial score (nSPS) is 25.9. The summed E-state index contributed by atoms with van der Waals surface area (Å²) in [4.78, 5) is 28.8. The SMILES string of the molecule is CCCC(=O)N1CCCC1C(=O)N1CCC(NCC2CC2)CC1. The van der Waals surface area contributed by atoms with Crippen molar-refractivity contribution in [1.29, 1.82) is 0 Å². The fourth-order valence-electron chi connectivity index (χ4n) is 3.85. The highest BCUT2D eigenvalue weighted by Crippen LogP contribution is 2.28. The minimum atomic E-state index is -0.190. The molecule has 1 unspecified atom stereocenters. The zero-order valence-electron chi connectivity index (χ0n) is 14.4. The summed E-state index contributed by atoms with van der Waals surface area (Å²) in [5, 5.41) is 3.65. The van der Waals surface area contributed by atoms with E-state index in [4.69, 9.17) is 0 Å². The van der Waals surface area contributed by atoms with Crippen molar-refractivity contribution in [3.8, 4) is 0 Å². The summed E-state index contributed by atoms with van der Waals surface area (Å²) in [5.74, 6) is 1.25. The molecule has 1 saturated carbocycles. The van der Waals surface area contributed by atoms with Crippen molar-refractivity contribution in [2.75, 3.05) is 26.2 Å². The lowest BCUT2D eigenvalue weighted by Crippen LogP contribution is -2.52. The Balaban J connectivity index is 1.47. The highest BCUT2D eigenvalue weighted by Gasteiger charge is 2.37. The Morgan fingerprint density at radius 3 is 2.43 bits per heavy atom. The summed E-state index contributed by atoms with van der Waals surface area (Å²) in [5.41, 5.74) is 0. The van der Waals surface area contributed by atoms with Crippen molar-refractivity contribution in [3.05, 3.63) is 0 Å². The van der Waals surface area contributed by atoms with Crippen LogP contribution >= 0.6 is 0 Å². The van der Waals surface area contributed by atoms with Crippen LogP contribution in [0.15, 0.2) is 0 Å². The van der Waals surface area contributed by atoms with Crippen molar-refractivity contribution in [1.82, 2.24) is 15.1 Å². The van der Waals surface area contributed by atoms with Crippen LogP contribution in [0.3, 0.4) is 0 Å². The van der Waals surface area contributed by atoms with Gasteiger partial charge in [-0.05, 0) is 57.4 Å². The minimum absolute atomic E-state index is 0.157. The molecule has 1 aliphatic carbocycles. The molecule has 3 fully saturated rings. The summed E-state index contributed by atoms with van der Waals surface area (Å²) in [7, 11) is 0. The van der Waals surface area contributed by atoms with Crippen LogP contribution in [0.5, 0.6) is 0 Å². The van der Waals surface area contributed by atoms with Gasteiger partial charge >= 0.3 is 0 Å². The van der Waals surface area contributed by atoms with Gasteiger partial charge in [0.15, 0.2) is 0 Å². The molecule has 2 saturated heterocycles. The fraction of sp³-hybridized carbons (Fsp3) is 0.889. The highest BCUT2D eigenvalue weighted by molar-refractivity contribution is 5.88. The van der Waals surface area contributed by atoms with Gasteiger partial charge in [-0.2, -0.15) is 0 Å². The number of likely N-dealkylation sites (tertiary alicyclic amines) is 2. The molecule has 0 aromatic rings. The molecule has 3 aliphatic rings. The molecule has 0 bridgehead atoms. The number of amides is 2. The Labute approximate surface area is 139 Å². The van der Waals surface area contributed by atoms with Crippen LogP contribution < -0.4 is 5.32 Å². The van der Waals surface area contributed by atoms with Crippen LogP contribution in [0.2, 0.25) is 0 Å². The Kier molecular flexibility index (Phi) is 5.57. The predicted octanol–water partition coefficient (Wildman–Crippen LogP) is 1.77. The van der Waals surface area contributed by atoms with Crippen molar-refractivity contribution < 1.29 is 9.59 Å². The van der Waals surface area contributed by atoms with Crippen molar-refractivity contribution in [2.45, 2.75) is 70.4 Å². The number of carbonyl (C=O) groups is 2. The second kappa shape index (κ2) is 7.65. The number of piperidine rings is 1. The van der Waals surface area contributed by atoms with Gasteiger partial charge in [-0.25, -0.2) is 0 Å². The van der Waals surface area contributed by atoms with E-state index in [1.165, 1.54) is 12.8 Å². The summed E-state index contributed by atoms with van der Waals surface area (Å²) < 4.78 is 0. The van der Waals surface area contributed by atoms with Crippen LogP contribution in [-0.2, 0) is 9.59 Å². The van der Waals surface area contributed by atoms with E-state index in [2.05, 4.69) is 5.32 Å². The molecule has 0 spiro atoms. The molecular formula is C18H31N3O2. The van der Waals surface area contributed by atoms with Gasteiger partial charge in [0.05, 0.1) is 0 Å². The van der Waals surface area contributed by atoms with Gasteiger partial charge < -0.3 is 15.1 Å². The lowest BCUT2D eigenvalue weighted by Gasteiger charge is -2.36. The number of nitrogens with zero attached hydrogens (tertiary/aromatic N) is 2. The van der Waals surface area contributed by atoms with Crippen LogP contribution in [0.25, 0.3) is 0 Å². The van der Waals surface area contributed by atoms with E-state index >= 15 is 0 Å². The zero-order chi connectivity index (χ0) is 16.2. The van der Waals surface area contributed by atoms with Crippen molar-refractivity contribution in [3.63, 3.8) is 0 Å². The van der Waals surface area contributed by atoms with E-state index in [9.17, 15) is 9.59 Å². The Morgan fingerprint density at radius 1 is 1.04 bits per heavy atom. The maximum atomic E-state index is 12.8. The second-order valence-corrected chi connectivity index (χ2v) is 7.45. The smallest absolute Gasteiger partial charge is 0.245 e. The van der Waals surface area contributed by atoms with E-state index in [-0.39, 0.29) is 17.9 Å². The molecule has 0 aromatic carbocycles. The first kappa shape index (κ1) is 16.7. The van der Waals surface area contributed by atoms with Gasteiger partial charge in [-0.15, -0.1) is 0 Å². The minimum Gasteiger partial charge on any atom is -0.341 e. The van der Waals surface area contributed by atoms with Crippen LogP contribution in [0, 0.1) is 5.92 Å². The molecule has 130 valence electrons. The van der Waals surface area contributed by atoms with Gasteiger partial charge in [0, 0.05) is 32.1 Å². The summed E-state index contributed by atoms with van der Waals surface area (Å²) >= 11 is 0. The van der Waals surface area contributed by atoms with Crippen LogP contribution in [0.4, 0.5) is 0 Å². The van der Waals surface area contributed by atoms with Crippen LogP contribution in [0.1, 0.15) is 58.3 Å². The summed E-state index contributed by atoms with van der Waals surface area (Å²) in [6.07, 6.45) is 8.09. The first-order valence-corrected chi connectivity index (χ1v) is 9.50. The standard InChI is InChI=1S/C18H31N3O2/c1-2-4-17(22)21-10-3-5-16(21)18(23)20-11-8-15(9-12-20)19-13-14-6-7-14/h14-16,19H,2-13H2,1H3. The van der Waals surface area contributed by atoms with Gasteiger partial charge in [-0.1, -0.05) is 6.92 Å². The zero-order valence-corrected chi connectivity index (χ0v) is 14.4. The highest BCUT2D eigenvalue weighted by atomic mass is 16.2. The molecule has 5 heteroatoms. The van der Waals surface area contributed by atoms with Gasteiger partial charge in [-0.3, -0.25) is 9.59 Å². The Morgan fingerprint density at radius 2 is 1.78 bits per heavy atom. The maximum Gasteiger partial charge on any atom is 0.245 e. The Hall–Kier alpha value is -1.10. The molecule has 2 amide bonds.